The average molecular weight is 357 g/mol. The minimum atomic E-state index is -0.280. The number of amides is 1. The van der Waals surface area contributed by atoms with E-state index in [0.717, 1.165) is 5.69 Å². The van der Waals surface area contributed by atoms with Crippen LogP contribution in [-0.2, 0) is 0 Å². The van der Waals surface area contributed by atoms with Crippen molar-refractivity contribution in [3.63, 3.8) is 0 Å². The van der Waals surface area contributed by atoms with Crippen LogP contribution >= 0.6 is 0 Å². The third-order valence-electron chi connectivity index (χ3n) is 3.77. The molecule has 8 nitrogen and oxygen atoms in total. The summed E-state index contributed by atoms with van der Waals surface area (Å²) in [6, 6.07) is 18.6. The Bertz CT molecular complexity index is 1050. The molecule has 0 saturated carbocycles. The molecule has 0 aliphatic rings. The van der Waals surface area contributed by atoms with Crippen LogP contribution in [0.4, 0.5) is 17.2 Å². The molecule has 8 heteroatoms. The highest BCUT2D eigenvalue weighted by Gasteiger charge is 2.13. The maximum absolute atomic E-state index is 12.8. The molecule has 2 aromatic carbocycles. The summed E-state index contributed by atoms with van der Waals surface area (Å²) in [5.74, 6) is 0.598. The Labute approximate surface area is 154 Å². The second-order valence-electron chi connectivity index (χ2n) is 5.59. The molecular weight excluding hydrogens is 342 g/mol. The smallest absolute Gasteiger partial charge is 0.258 e. The molecule has 4 rings (SSSR count). The molecule has 0 bridgehead atoms. The number of hydrogen-bond donors (Lipinski definition) is 2. The van der Waals surface area contributed by atoms with Gasteiger partial charge in [0.25, 0.3) is 5.91 Å². The first-order chi connectivity index (χ1) is 13.3. The van der Waals surface area contributed by atoms with E-state index >= 15 is 0 Å². The molecule has 1 amide bonds. The summed E-state index contributed by atoms with van der Waals surface area (Å²) in [7, 11) is 0. The van der Waals surface area contributed by atoms with Gasteiger partial charge in [0, 0.05) is 11.8 Å². The van der Waals surface area contributed by atoms with Crippen LogP contribution in [0.15, 0.2) is 79.6 Å². The van der Waals surface area contributed by atoms with E-state index in [0.29, 0.717) is 22.9 Å². The number of nitrogens with zero attached hydrogens (tertiary/aromatic N) is 5. The van der Waals surface area contributed by atoms with Crippen LogP contribution < -0.4 is 10.6 Å². The lowest BCUT2D eigenvalue weighted by Crippen LogP contribution is -2.15. The number of aromatic nitrogens is 5. The van der Waals surface area contributed by atoms with Crippen molar-refractivity contribution < 1.29 is 4.79 Å². The van der Waals surface area contributed by atoms with Crippen LogP contribution in [0.2, 0.25) is 0 Å². The Morgan fingerprint density at radius 2 is 1.74 bits per heavy atom. The van der Waals surface area contributed by atoms with Gasteiger partial charge in [-0.3, -0.25) is 4.79 Å². The second-order valence-corrected chi connectivity index (χ2v) is 5.59. The average Bonchev–Trinajstić information content (AvgIpc) is 3.24. The predicted molar refractivity (Wildman–Crippen MR) is 101 cm³/mol. The van der Waals surface area contributed by atoms with Gasteiger partial charge in [-0.2, -0.15) is 5.10 Å². The zero-order valence-corrected chi connectivity index (χ0v) is 14.1. The standard InChI is InChI=1S/C19H15N7O/c27-19(25-17-10-18(22-12-21-17)26-13-20-11-23-26)15-8-4-5-9-16(15)24-14-6-2-1-3-7-14/h1-13,24H,(H,21,22,25,27). The molecule has 0 unspecified atom stereocenters. The summed E-state index contributed by atoms with van der Waals surface area (Å²) in [6.07, 6.45) is 4.29. The molecule has 0 aliphatic carbocycles. The third kappa shape index (κ3) is 3.79. The number of hydrogen-bond acceptors (Lipinski definition) is 6. The topological polar surface area (TPSA) is 97.6 Å². The number of rotatable bonds is 5. The first-order valence-electron chi connectivity index (χ1n) is 8.19. The first kappa shape index (κ1) is 16.4. The van der Waals surface area contributed by atoms with Crippen LogP contribution in [0.25, 0.3) is 5.82 Å². The Balaban J connectivity index is 1.56. The van der Waals surface area contributed by atoms with Crippen molar-refractivity contribution in [1.82, 2.24) is 24.7 Å². The fraction of sp³-hybridized carbons (Fsp3) is 0. The van der Waals surface area contributed by atoms with E-state index in [4.69, 9.17) is 0 Å². The van der Waals surface area contributed by atoms with Gasteiger partial charge < -0.3 is 10.6 Å². The van der Waals surface area contributed by atoms with Crippen molar-refractivity contribution in [3.8, 4) is 5.82 Å². The molecular formula is C19H15N7O. The van der Waals surface area contributed by atoms with E-state index in [2.05, 4.69) is 30.7 Å². The van der Waals surface area contributed by atoms with Crippen molar-refractivity contribution in [2.24, 2.45) is 0 Å². The van der Waals surface area contributed by atoms with Crippen molar-refractivity contribution in [2.45, 2.75) is 0 Å². The first-order valence-corrected chi connectivity index (χ1v) is 8.19. The summed E-state index contributed by atoms with van der Waals surface area (Å²) in [6.45, 7) is 0. The van der Waals surface area contributed by atoms with Gasteiger partial charge in [0.15, 0.2) is 5.82 Å². The molecule has 2 heterocycles. The van der Waals surface area contributed by atoms with Gasteiger partial charge in [-0.1, -0.05) is 30.3 Å². The van der Waals surface area contributed by atoms with Crippen LogP contribution in [0.3, 0.4) is 0 Å². The van der Waals surface area contributed by atoms with Crippen LogP contribution in [-0.4, -0.2) is 30.6 Å². The third-order valence-corrected chi connectivity index (χ3v) is 3.77. The van der Waals surface area contributed by atoms with Crippen molar-refractivity contribution in [3.05, 3.63) is 85.2 Å². The van der Waals surface area contributed by atoms with Gasteiger partial charge in [-0.15, -0.1) is 0 Å². The number of para-hydroxylation sites is 2. The van der Waals surface area contributed by atoms with Gasteiger partial charge >= 0.3 is 0 Å². The number of anilines is 3. The largest absolute Gasteiger partial charge is 0.355 e. The Kier molecular flexibility index (Phi) is 4.52. The highest BCUT2D eigenvalue weighted by atomic mass is 16.1. The maximum atomic E-state index is 12.8. The predicted octanol–water partition coefficient (Wildman–Crippen LogP) is 3.05. The lowest BCUT2D eigenvalue weighted by molar-refractivity contribution is 0.102. The van der Waals surface area contributed by atoms with Crippen LogP contribution in [0, 0.1) is 0 Å². The van der Waals surface area contributed by atoms with E-state index in [1.54, 1.807) is 12.1 Å². The highest BCUT2D eigenvalue weighted by molar-refractivity contribution is 6.08. The molecule has 0 aliphatic heterocycles. The SMILES string of the molecule is O=C(Nc1cc(-n2cncn2)ncn1)c1ccccc1Nc1ccccc1. The van der Waals surface area contributed by atoms with Crippen molar-refractivity contribution in [2.75, 3.05) is 10.6 Å². The Morgan fingerprint density at radius 1 is 0.926 bits per heavy atom. The highest BCUT2D eigenvalue weighted by Crippen LogP contribution is 2.21. The minimum absolute atomic E-state index is 0.280. The summed E-state index contributed by atoms with van der Waals surface area (Å²) >= 11 is 0. The molecule has 4 aromatic rings. The van der Waals surface area contributed by atoms with Gasteiger partial charge in [-0.05, 0) is 24.3 Å². The van der Waals surface area contributed by atoms with E-state index in [-0.39, 0.29) is 5.91 Å². The molecule has 0 atom stereocenters. The van der Waals surface area contributed by atoms with Crippen LogP contribution in [0.5, 0.6) is 0 Å². The fourth-order valence-electron chi connectivity index (χ4n) is 2.52. The van der Waals surface area contributed by atoms with Gasteiger partial charge in [0.1, 0.15) is 24.8 Å². The number of carbonyl (C=O) groups excluding carboxylic acids is 1. The summed E-state index contributed by atoms with van der Waals surface area (Å²) in [5.41, 5.74) is 2.10. The van der Waals surface area contributed by atoms with Gasteiger partial charge in [0.05, 0.1) is 11.3 Å². The molecule has 0 fully saturated rings. The Hall–Kier alpha value is -4.07. The zero-order valence-electron chi connectivity index (χ0n) is 14.1. The molecule has 0 radical (unpaired) electrons. The minimum Gasteiger partial charge on any atom is -0.355 e. The molecule has 2 N–H and O–H groups in total. The van der Waals surface area contributed by atoms with Gasteiger partial charge in [0.2, 0.25) is 0 Å². The summed E-state index contributed by atoms with van der Waals surface area (Å²) < 4.78 is 1.49. The normalized spacial score (nSPS) is 10.4. The maximum Gasteiger partial charge on any atom is 0.258 e. The molecule has 0 spiro atoms. The molecule has 2 aromatic heterocycles. The zero-order chi connectivity index (χ0) is 18.5. The molecule has 0 saturated heterocycles. The van der Waals surface area contributed by atoms with E-state index in [1.807, 2.05) is 48.5 Å². The number of nitrogens with one attached hydrogen (secondary N) is 2. The summed E-state index contributed by atoms with van der Waals surface area (Å²) in [5, 5.41) is 10.1. The van der Waals surface area contributed by atoms with Crippen molar-refractivity contribution in [1.29, 1.82) is 0 Å². The quantitative estimate of drug-likeness (QED) is 0.570. The second kappa shape index (κ2) is 7.44. The lowest BCUT2D eigenvalue weighted by atomic mass is 10.1. The summed E-state index contributed by atoms with van der Waals surface area (Å²) in [4.78, 5) is 24.9. The fourth-order valence-corrected chi connectivity index (χ4v) is 2.52. The van der Waals surface area contributed by atoms with E-state index in [1.165, 1.54) is 23.7 Å². The van der Waals surface area contributed by atoms with Gasteiger partial charge in [-0.25, -0.2) is 19.6 Å². The molecule has 27 heavy (non-hydrogen) atoms. The lowest BCUT2D eigenvalue weighted by Gasteiger charge is -2.12. The van der Waals surface area contributed by atoms with E-state index < -0.39 is 0 Å². The monoisotopic (exact) mass is 357 g/mol. The number of benzene rings is 2. The van der Waals surface area contributed by atoms with E-state index in [9.17, 15) is 4.79 Å². The Morgan fingerprint density at radius 3 is 2.56 bits per heavy atom. The number of carbonyl (C=O) groups is 1. The van der Waals surface area contributed by atoms with Crippen molar-refractivity contribution >= 4 is 23.1 Å². The van der Waals surface area contributed by atoms with Crippen LogP contribution in [0.1, 0.15) is 10.4 Å². The molecule has 132 valence electrons.